The zero-order valence-corrected chi connectivity index (χ0v) is 10.7. The van der Waals surface area contributed by atoms with Gasteiger partial charge in [0.15, 0.2) is 0 Å². The molecule has 0 saturated carbocycles. The number of aryl methyl sites for hydroxylation is 1. The average Bonchev–Trinajstić information content (AvgIpc) is 2.40. The van der Waals surface area contributed by atoms with Crippen LogP contribution in [0.25, 0.3) is 0 Å². The van der Waals surface area contributed by atoms with E-state index in [2.05, 4.69) is 29.1 Å². The van der Waals surface area contributed by atoms with Crippen LogP contribution in [0.3, 0.4) is 0 Å². The number of hydrogen-bond acceptors (Lipinski definition) is 4. The number of hydrogen-bond donors (Lipinski definition) is 1. The molecule has 0 atom stereocenters. The van der Waals surface area contributed by atoms with Gasteiger partial charge in [-0.25, -0.2) is 9.97 Å². The van der Waals surface area contributed by atoms with Crippen LogP contribution in [0.4, 0.5) is 5.82 Å². The van der Waals surface area contributed by atoms with E-state index in [1.165, 1.54) is 0 Å². The summed E-state index contributed by atoms with van der Waals surface area (Å²) in [7, 11) is 0. The largest absolute Gasteiger partial charge is 0.381 e. The van der Waals surface area contributed by atoms with Gasteiger partial charge in [-0.1, -0.05) is 6.92 Å². The predicted molar refractivity (Wildman–Crippen MR) is 68.4 cm³/mol. The molecule has 1 N–H and O–H groups in total. The van der Waals surface area contributed by atoms with Crippen LogP contribution in [0.1, 0.15) is 44.1 Å². The molecule has 0 unspecified atom stereocenters. The monoisotopic (exact) mass is 235 g/mol. The molecule has 1 aromatic rings. The quantitative estimate of drug-likeness (QED) is 0.870. The van der Waals surface area contributed by atoms with Gasteiger partial charge in [-0.05, 0) is 26.2 Å². The zero-order valence-electron chi connectivity index (χ0n) is 10.7. The topological polar surface area (TPSA) is 47.0 Å². The summed E-state index contributed by atoms with van der Waals surface area (Å²) >= 11 is 0. The van der Waals surface area contributed by atoms with Gasteiger partial charge >= 0.3 is 0 Å². The highest BCUT2D eigenvalue weighted by Crippen LogP contribution is 2.25. The molecule has 0 bridgehead atoms. The molecule has 0 amide bonds. The first-order valence-corrected chi connectivity index (χ1v) is 6.53. The molecule has 1 saturated heterocycles. The Morgan fingerprint density at radius 2 is 2.06 bits per heavy atom. The summed E-state index contributed by atoms with van der Waals surface area (Å²) in [6.45, 7) is 6.78. The van der Waals surface area contributed by atoms with Crippen LogP contribution in [-0.2, 0) is 11.2 Å². The summed E-state index contributed by atoms with van der Waals surface area (Å²) in [4.78, 5) is 9.27. The van der Waals surface area contributed by atoms with E-state index in [0.29, 0.717) is 5.92 Å². The first kappa shape index (κ1) is 12.3. The summed E-state index contributed by atoms with van der Waals surface area (Å²) in [5.41, 5.74) is 1.12. The summed E-state index contributed by atoms with van der Waals surface area (Å²) in [6, 6.07) is 2.05. The van der Waals surface area contributed by atoms with Gasteiger partial charge in [0.2, 0.25) is 0 Å². The van der Waals surface area contributed by atoms with E-state index in [1.807, 2.05) is 6.07 Å². The van der Waals surface area contributed by atoms with Crippen LogP contribution < -0.4 is 5.32 Å². The Morgan fingerprint density at radius 3 is 2.71 bits per heavy atom. The maximum absolute atomic E-state index is 5.38. The molecule has 4 nitrogen and oxygen atoms in total. The molecule has 0 aliphatic carbocycles. The van der Waals surface area contributed by atoms with E-state index in [9.17, 15) is 0 Å². The number of nitrogens with zero attached hydrogens (tertiary/aromatic N) is 2. The molecule has 1 aliphatic heterocycles. The Balaban J connectivity index is 2.21. The molecule has 2 heterocycles. The van der Waals surface area contributed by atoms with E-state index >= 15 is 0 Å². The highest BCUT2D eigenvalue weighted by atomic mass is 16.5. The lowest BCUT2D eigenvalue weighted by atomic mass is 9.99. The Kier molecular flexibility index (Phi) is 4.31. The summed E-state index contributed by atoms with van der Waals surface area (Å²) in [6.07, 6.45) is 3.04. The SMILES string of the molecule is CCNc1cc(CC)nc(C2CCOCC2)n1. The Morgan fingerprint density at radius 1 is 1.29 bits per heavy atom. The van der Waals surface area contributed by atoms with Crippen LogP contribution >= 0.6 is 0 Å². The Labute approximate surface area is 103 Å². The van der Waals surface area contributed by atoms with Gasteiger partial charge in [-0.3, -0.25) is 0 Å². The van der Waals surface area contributed by atoms with Crippen molar-refractivity contribution in [3.8, 4) is 0 Å². The van der Waals surface area contributed by atoms with Crippen LogP contribution in [0.5, 0.6) is 0 Å². The molecule has 4 heteroatoms. The lowest BCUT2D eigenvalue weighted by Crippen LogP contribution is -2.17. The maximum Gasteiger partial charge on any atom is 0.134 e. The number of rotatable bonds is 4. The molecule has 0 radical (unpaired) electrons. The van der Waals surface area contributed by atoms with Crippen LogP contribution in [0, 0.1) is 0 Å². The molecular formula is C13H21N3O. The van der Waals surface area contributed by atoms with E-state index in [1.54, 1.807) is 0 Å². The second kappa shape index (κ2) is 5.96. The summed E-state index contributed by atoms with van der Waals surface area (Å²) in [5, 5.41) is 3.28. The lowest BCUT2D eigenvalue weighted by Gasteiger charge is -2.21. The third kappa shape index (κ3) is 3.16. The number of nitrogens with one attached hydrogen (secondary N) is 1. The van der Waals surface area contributed by atoms with Crippen molar-refractivity contribution < 1.29 is 4.74 Å². The summed E-state index contributed by atoms with van der Waals surface area (Å²) < 4.78 is 5.38. The van der Waals surface area contributed by atoms with Crippen LogP contribution in [0.2, 0.25) is 0 Å². The van der Waals surface area contributed by atoms with Crippen molar-refractivity contribution in [2.75, 3.05) is 25.1 Å². The maximum atomic E-state index is 5.38. The van der Waals surface area contributed by atoms with E-state index < -0.39 is 0 Å². The fourth-order valence-corrected chi connectivity index (χ4v) is 2.11. The zero-order chi connectivity index (χ0) is 12.1. The smallest absolute Gasteiger partial charge is 0.134 e. The van der Waals surface area contributed by atoms with Gasteiger partial charge in [0.1, 0.15) is 11.6 Å². The normalized spacial score (nSPS) is 17.1. The minimum Gasteiger partial charge on any atom is -0.381 e. The van der Waals surface area contributed by atoms with Crippen molar-refractivity contribution in [1.82, 2.24) is 9.97 Å². The first-order chi connectivity index (χ1) is 8.33. The number of aromatic nitrogens is 2. The van der Waals surface area contributed by atoms with Gasteiger partial charge in [-0.2, -0.15) is 0 Å². The third-order valence-corrected chi connectivity index (χ3v) is 3.10. The molecule has 1 aliphatic rings. The molecule has 94 valence electrons. The predicted octanol–water partition coefficient (Wildman–Crippen LogP) is 2.36. The van der Waals surface area contributed by atoms with E-state index in [0.717, 1.165) is 56.4 Å². The Bertz CT molecular complexity index is 362. The van der Waals surface area contributed by atoms with Crippen LogP contribution in [-0.4, -0.2) is 29.7 Å². The second-order valence-electron chi connectivity index (χ2n) is 4.37. The Hall–Kier alpha value is -1.16. The number of anilines is 1. The van der Waals surface area contributed by atoms with Gasteiger partial charge in [-0.15, -0.1) is 0 Å². The lowest BCUT2D eigenvalue weighted by molar-refractivity contribution is 0.0835. The van der Waals surface area contributed by atoms with Gasteiger partial charge < -0.3 is 10.1 Å². The van der Waals surface area contributed by atoms with Gasteiger partial charge in [0.25, 0.3) is 0 Å². The molecule has 0 spiro atoms. The average molecular weight is 235 g/mol. The summed E-state index contributed by atoms with van der Waals surface area (Å²) in [5.74, 6) is 2.41. The minimum absolute atomic E-state index is 0.465. The highest BCUT2D eigenvalue weighted by Gasteiger charge is 2.19. The van der Waals surface area contributed by atoms with Crippen molar-refractivity contribution >= 4 is 5.82 Å². The molecule has 0 aromatic carbocycles. The second-order valence-corrected chi connectivity index (χ2v) is 4.37. The standard InChI is InChI=1S/C13H21N3O/c1-3-11-9-12(14-4-2)16-13(15-11)10-5-7-17-8-6-10/h9-10H,3-8H2,1-2H3,(H,14,15,16). The third-order valence-electron chi connectivity index (χ3n) is 3.10. The number of ether oxygens (including phenoxy) is 1. The first-order valence-electron chi connectivity index (χ1n) is 6.53. The van der Waals surface area contributed by atoms with E-state index in [-0.39, 0.29) is 0 Å². The van der Waals surface area contributed by atoms with Crippen molar-refractivity contribution in [1.29, 1.82) is 0 Å². The molecule has 2 rings (SSSR count). The minimum atomic E-state index is 0.465. The van der Waals surface area contributed by atoms with Crippen molar-refractivity contribution in [2.24, 2.45) is 0 Å². The molecule has 1 aromatic heterocycles. The fourth-order valence-electron chi connectivity index (χ4n) is 2.11. The van der Waals surface area contributed by atoms with Crippen molar-refractivity contribution in [3.63, 3.8) is 0 Å². The van der Waals surface area contributed by atoms with Crippen molar-refractivity contribution in [2.45, 2.75) is 39.0 Å². The molecular weight excluding hydrogens is 214 g/mol. The fraction of sp³-hybridized carbons (Fsp3) is 0.692. The highest BCUT2D eigenvalue weighted by molar-refractivity contribution is 5.36. The van der Waals surface area contributed by atoms with Crippen LogP contribution in [0.15, 0.2) is 6.07 Å². The molecule has 1 fully saturated rings. The molecule has 17 heavy (non-hydrogen) atoms. The van der Waals surface area contributed by atoms with Gasteiger partial charge in [0, 0.05) is 37.4 Å². The van der Waals surface area contributed by atoms with Crippen molar-refractivity contribution in [3.05, 3.63) is 17.6 Å². The van der Waals surface area contributed by atoms with E-state index in [4.69, 9.17) is 4.74 Å². The van der Waals surface area contributed by atoms with Gasteiger partial charge in [0.05, 0.1) is 0 Å².